The molecule has 0 saturated carbocycles. The smallest absolute Gasteiger partial charge is 0.129 e. The van der Waals surface area contributed by atoms with Gasteiger partial charge in [0.05, 0.1) is 0 Å². The van der Waals surface area contributed by atoms with Crippen molar-refractivity contribution in [2.75, 3.05) is 6.54 Å². The zero-order valence-corrected chi connectivity index (χ0v) is 12.2. The number of hydrogen-bond donors (Lipinski definition) is 1. The zero-order valence-electron chi connectivity index (χ0n) is 11.5. The van der Waals surface area contributed by atoms with Crippen molar-refractivity contribution in [3.05, 3.63) is 34.6 Å². The van der Waals surface area contributed by atoms with Crippen molar-refractivity contribution in [2.45, 2.75) is 46.1 Å². The van der Waals surface area contributed by atoms with E-state index in [1.807, 2.05) is 6.92 Å². The molecule has 18 heavy (non-hydrogen) atoms. The molecule has 2 atom stereocenters. The summed E-state index contributed by atoms with van der Waals surface area (Å²) in [5.74, 6) is 0.354. The maximum Gasteiger partial charge on any atom is 0.129 e. The van der Waals surface area contributed by atoms with Gasteiger partial charge >= 0.3 is 0 Å². The molecule has 0 aromatic heterocycles. The van der Waals surface area contributed by atoms with E-state index in [0.29, 0.717) is 16.5 Å². The Hall–Kier alpha value is -0.600. The second kappa shape index (κ2) is 7.75. The van der Waals surface area contributed by atoms with Crippen molar-refractivity contribution >= 4 is 11.6 Å². The summed E-state index contributed by atoms with van der Waals surface area (Å²) in [7, 11) is 0. The molecule has 0 spiro atoms. The summed E-state index contributed by atoms with van der Waals surface area (Å²) < 4.78 is 13.9. The van der Waals surface area contributed by atoms with Crippen LogP contribution in [0.5, 0.6) is 0 Å². The standard InChI is InChI=1S/C15H23ClFN/c1-4-7-11(3)10-14(18-5-2)15-12(16)8-6-9-13(15)17/h6,8-9,11,14,18H,4-5,7,10H2,1-3H3. The Bertz CT molecular complexity index is 347. The first-order valence-electron chi connectivity index (χ1n) is 6.77. The van der Waals surface area contributed by atoms with Gasteiger partial charge in [-0.05, 0) is 31.0 Å². The highest BCUT2D eigenvalue weighted by Crippen LogP contribution is 2.31. The largest absolute Gasteiger partial charge is 0.310 e. The van der Waals surface area contributed by atoms with Crippen molar-refractivity contribution in [3.8, 4) is 0 Å². The molecule has 0 amide bonds. The molecule has 0 aliphatic carbocycles. The van der Waals surface area contributed by atoms with E-state index in [-0.39, 0.29) is 11.9 Å². The van der Waals surface area contributed by atoms with Crippen LogP contribution in [0, 0.1) is 11.7 Å². The minimum Gasteiger partial charge on any atom is -0.310 e. The van der Waals surface area contributed by atoms with E-state index >= 15 is 0 Å². The quantitative estimate of drug-likeness (QED) is 0.739. The van der Waals surface area contributed by atoms with Crippen molar-refractivity contribution in [1.82, 2.24) is 5.32 Å². The predicted molar refractivity (Wildman–Crippen MR) is 76.5 cm³/mol. The molecule has 1 aromatic carbocycles. The summed E-state index contributed by atoms with van der Waals surface area (Å²) in [5, 5.41) is 3.86. The molecule has 1 aromatic rings. The fourth-order valence-electron chi connectivity index (χ4n) is 2.41. The first-order chi connectivity index (χ1) is 8.60. The van der Waals surface area contributed by atoms with Crippen LogP contribution in [-0.2, 0) is 0 Å². The van der Waals surface area contributed by atoms with E-state index < -0.39 is 0 Å². The van der Waals surface area contributed by atoms with Gasteiger partial charge in [-0.2, -0.15) is 0 Å². The molecule has 0 heterocycles. The van der Waals surface area contributed by atoms with Crippen molar-refractivity contribution in [1.29, 1.82) is 0 Å². The zero-order chi connectivity index (χ0) is 13.5. The third-order valence-corrected chi connectivity index (χ3v) is 3.55. The first-order valence-corrected chi connectivity index (χ1v) is 7.15. The third kappa shape index (κ3) is 4.25. The van der Waals surface area contributed by atoms with Crippen LogP contribution < -0.4 is 5.32 Å². The average Bonchev–Trinajstić information content (AvgIpc) is 2.29. The van der Waals surface area contributed by atoms with Crippen LogP contribution in [0.25, 0.3) is 0 Å². The van der Waals surface area contributed by atoms with Crippen LogP contribution in [0.4, 0.5) is 4.39 Å². The third-order valence-electron chi connectivity index (χ3n) is 3.22. The lowest BCUT2D eigenvalue weighted by Crippen LogP contribution is -2.24. The van der Waals surface area contributed by atoms with Crippen LogP contribution in [0.1, 0.15) is 51.6 Å². The molecule has 0 bridgehead atoms. The summed E-state index contributed by atoms with van der Waals surface area (Å²) >= 11 is 6.14. The highest BCUT2D eigenvalue weighted by Gasteiger charge is 2.20. The van der Waals surface area contributed by atoms with Gasteiger partial charge in [0.2, 0.25) is 0 Å². The van der Waals surface area contributed by atoms with Gasteiger partial charge in [0, 0.05) is 16.6 Å². The molecule has 3 heteroatoms. The van der Waals surface area contributed by atoms with E-state index in [1.54, 1.807) is 12.1 Å². The molecule has 2 unspecified atom stereocenters. The molecular weight excluding hydrogens is 249 g/mol. The van der Waals surface area contributed by atoms with Gasteiger partial charge in [-0.3, -0.25) is 0 Å². The van der Waals surface area contributed by atoms with Crippen LogP contribution in [0.3, 0.4) is 0 Å². The van der Waals surface area contributed by atoms with Crippen LogP contribution in [0.15, 0.2) is 18.2 Å². The minimum atomic E-state index is -0.211. The second-order valence-electron chi connectivity index (χ2n) is 4.88. The van der Waals surface area contributed by atoms with Gasteiger partial charge in [0.25, 0.3) is 0 Å². The molecule has 0 fully saturated rings. The van der Waals surface area contributed by atoms with Crippen LogP contribution >= 0.6 is 11.6 Å². The Morgan fingerprint density at radius 2 is 2.06 bits per heavy atom. The average molecular weight is 272 g/mol. The highest BCUT2D eigenvalue weighted by molar-refractivity contribution is 6.31. The van der Waals surface area contributed by atoms with Gasteiger partial charge in [-0.25, -0.2) is 4.39 Å². The van der Waals surface area contributed by atoms with E-state index in [4.69, 9.17) is 11.6 Å². The van der Waals surface area contributed by atoms with Gasteiger partial charge in [0.15, 0.2) is 0 Å². The Kier molecular flexibility index (Phi) is 6.66. The number of rotatable bonds is 7. The molecule has 0 aliphatic rings. The molecular formula is C15H23ClFN. The van der Waals surface area contributed by atoms with Crippen molar-refractivity contribution in [2.24, 2.45) is 5.92 Å². The maximum atomic E-state index is 13.9. The lowest BCUT2D eigenvalue weighted by atomic mass is 9.92. The molecule has 0 saturated heterocycles. The summed E-state index contributed by atoms with van der Waals surface area (Å²) in [4.78, 5) is 0. The SMILES string of the molecule is CCCC(C)CC(NCC)c1c(F)cccc1Cl. The fourth-order valence-corrected chi connectivity index (χ4v) is 2.70. The van der Waals surface area contributed by atoms with E-state index in [0.717, 1.165) is 25.8 Å². The Balaban J connectivity index is 2.90. The minimum absolute atomic E-state index is 0.00486. The lowest BCUT2D eigenvalue weighted by Gasteiger charge is -2.23. The second-order valence-corrected chi connectivity index (χ2v) is 5.28. The molecule has 1 N–H and O–H groups in total. The fraction of sp³-hybridized carbons (Fsp3) is 0.600. The number of nitrogens with one attached hydrogen (secondary N) is 1. The van der Waals surface area contributed by atoms with Gasteiger partial charge < -0.3 is 5.32 Å². The van der Waals surface area contributed by atoms with E-state index in [1.165, 1.54) is 6.07 Å². The Morgan fingerprint density at radius 3 is 2.61 bits per heavy atom. The monoisotopic (exact) mass is 271 g/mol. The van der Waals surface area contributed by atoms with Crippen LogP contribution in [-0.4, -0.2) is 6.54 Å². The summed E-state index contributed by atoms with van der Waals surface area (Å²) in [6.07, 6.45) is 3.24. The molecule has 1 rings (SSSR count). The Labute approximate surface area is 115 Å². The number of halogens is 2. The number of benzene rings is 1. The van der Waals surface area contributed by atoms with E-state index in [9.17, 15) is 4.39 Å². The number of hydrogen-bond acceptors (Lipinski definition) is 1. The van der Waals surface area contributed by atoms with Crippen molar-refractivity contribution in [3.63, 3.8) is 0 Å². The van der Waals surface area contributed by atoms with Gasteiger partial charge in [-0.15, -0.1) is 0 Å². The normalized spacial score (nSPS) is 14.5. The maximum absolute atomic E-state index is 13.9. The Morgan fingerprint density at radius 1 is 1.33 bits per heavy atom. The summed E-state index contributed by atoms with van der Waals surface area (Å²) in [6, 6.07) is 4.90. The van der Waals surface area contributed by atoms with Gasteiger partial charge in [-0.1, -0.05) is 51.3 Å². The van der Waals surface area contributed by atoms with E-state index in [2.05, 4.69) is 19.2 Å². The van der Waals surface area contributed by atoms with Crippen LogP contribution in [0.2, 0.25) is 5.02 Å². The van der Waals surface area contributed by atoms with Gasteiger partial charge in [0.1, 0.15) is 5.82 Å². The molecule has 0 aliphatic heterocycles. The highest BCUT2D eigenvalue weighted by atomic mass is 35.5. The first kappa shape index (κ1) is 15.5. The molecule has 0 radical (unpaired) electrons. The topological polar surface area (TPSA) is 12.0 Å². The lowest BCUT2D eigenvalue weighted by molar-refractivity contribution is 0.386. The summed E-state index contributed by atoms with van der Waals surface area (Å²) in [5.41, 5.74) is 0.615. The predicted octanol–water partition coefficient (Wildman–Crippen LogP) is 4.96. The molecule has 1 nitrogen and oxygen atoms in total. The molecule has 102 valence electrons. The van der Waals surface area contributed by atoms with Crippen molar-refractivity contribution < 1.29 is 4.39 Å². The summed E-state index contributed by atoms with van der Waals surface area (Å²) in [6.45, 7) is 7.23.